The first-order chi connectivity index (χ1) is 15.0. The molecule has 3 heteroatoms. The zero-order valence-electron chi connectivity index (χ0n) is 20.6. The van der Waals surface area contributed by atoms with Gasteiger partial charge in [0.1, 0.15) is 13.1 Å². The molecule has 0 unspecified atom stereocenters. The van der Waals surface area contributed by atoms with Gasteiger partial charge in [0.15, 0.2) is 0 Å². The smallest absolute Gasteiger partial charge is 0.207 e. The second-order valence-corrected chi connectivity index (χ2v) is 7.76. The molecule has 0 fully saturated rings. The number of halogens is 1. The fraction of sp³-hybridized carbons (Fsp3) is 0.345. The van der Waals surface area contributed by atoms with Crippen molar-refractivity contribution in [1.29, 1.82) is 0 Å². The first-order valence-electron chi connectivity index (χ1n) is 11.6. The molecule has 0 aliphatic heterocycles. The number of hydrogen-bond acceptors (Lipinski definition) is 1. The molecule has 0 heterocycles. The molecule has 2 nitrogen and oxygen atoms in total. The molecule has 0 saturated carbocycles. The first kappa shape index (κ1) is 27.5. The Bertz CT molecular complexity index is 922. The molecule has 0 bridgehead atoms. The molecule has 0 radical (unpaired) electrons. The lowest BCUT2D eigenvalue weighted by molar-refractivity contribution is -0.519. The summed E-state index contributed by atoms with van der Waals surface area (Å²) in [6.45, 7) is 17.1. The van der Waals surface area contributed by atoms with Crippen LogP contribution in [0, 0.1) is 13.8 Å². The fourth-order valence-corrected chi connectivity index (χ4v) is 3.70. The standard InChI is InChI=1S/C29H39N2.ClH/c1-7-30(8-2)28(26-20-16-24(5)17-21-26)14-12-11-13-15-29(31(9-3)10-4)27-22-18-25(6)19-23-27;/h11-23H,7-10H2,1-6H3;1H/q+1;. The van der Waals surface area contributed by atoms with Gasteiger partial charge < -0.3 is 4.90 Å². The largest absolute Gasteiger partial charge is 0.372 e. The average Bonchev–Trinajstić information content (AvgIpc) is 2.79. The lowest BCUT2D eigenvalue weighted by Crippen LogP contribution is -2.21. The molecule has 0 amide bonds. The van der Waals surface area contributed by atoms with Crippen LogP contribution in [0.2, 0.25) is 0 Å². The Morgan fingerprint density at radius 2 is 1.22 bits per heavy atom. The molecule has 0 saturated heterocycles. The van der Waals surface area contributed by atoms with Gasteiger partial charge in [-0.1, -0.05) is 65.8 Å². The number of benzene rings is 2. The highest BCUT2D eigenvalue weighted by atomic mass is 35.5. The Morgan fingerprint density at radius 3 is 1.69 bits per heavy atom. The summed E-state index contributed by atoms with van der Waals surface area (Å²) in [4.78, 5) is 2.40. The van der Waals surface area contributed by atoms with Crippen molar-refractivity contribution in [2.45, 2.75) is 41.5 Å². The average molecular weight is 452 g/mol. The second-order valence-electron chi connectivity index (χ2n) is 7.76. The van der Waals surface area contributed by atoms with Gasteiger partial charge in [0, 0.05) is 30.4 Å². The van der Waals surface area contributed by atoms with Crippen LogP contribution in [0.15, 0.2) is 78.9 Å². The van der Waals surface area contributed by atoms with Gasteiger partial charge >= 0.3 is 0 Å². The molecule has 2 rings (SSSR count). The predicted octanol–water partition coefficient (Wildman–Crippen LogP) is 7.06. The minimum Gasteiger partial charge on any atom is -0.372 e. The van der Waals surface area contributed by atoms with Gasteiger partial charge in [-0.3, -0.25) is 0 Å². The topological polar surface area (TPSA) is 6.25 Å². The third kappa shape index (κ3) is 7.84. The van der Waals surface area contributed by atoms with Gasteiger partial charge in [0.05, 0.1) is 0 Å². The summed E-state index contributed by atoms with van der Waals surface area (Å²) in [7, 11) is 0. The van der Waals surface area contributed by atoms with E-state index in [1.54, 1.807) is 0 Å². The Labute approximate surface area is 202 Å². The Morgan fingerprint density at radius 1 is 0.719 bits per heavy atom. The van der Waals surface area contributed by atoms with E-state index in [2.05, 4.69) is 130 Å². The second kappa shape index (κ2) is 14.5. The molecule has 2 aromatic carbocycles. The van der Waals surface area contributed by atoms with Crippen LogP contribution in [0.1, 0.15) is 49.9 Å². The van der Waals surface area contributed by atoms with E-state index in [0.717, 1.165) is 26.2 Å². The molecule has 172 valence electrons. The summed E-state index contributed by atoms with van der Waals surface area (Å²) < 4.78 is 2.40. The summed E-state index contributed by atoms with van der Waals surface area (Å²) in [5, 5.41) is 0. The van der Waals surface area contributed by atoms with E-state index in [1.807, 2.05) is 0 Å². The predicted molar refractivity (Wildman–Crippen MR) is 144 cm³/mol. The highest BCUT2D eigenvalue weighted by Gasteiger charge is 2.11. The zero-order chi connectivity index (χ0) is 22.6. The molecule has 0 N–H and O–H groups in total. The maximum Gasteiger partial charge on any atom is 0.207 e. The van der Waals surface area contributed by atoms with Crippen LogP contribution in [0.25, 0.3) is 5.70 Å². The fourth-order valence-electron chi connectivity index (χ4n) is 3.70. The first-order valence-corrected chi connectivity index (χ1v) is 11.6. The molecular weight excluding hydrogens is 412 g/mol. The van der Waals surface area contributed by atoms with Crippen molar-refractivity contribution in [2.75, 3.05) is 26.2 Å². The van der Waals surface area contributed by atoms with Crippen molar-refractivity contribution >= 4 is 23.8 Å². The van der Waals surface area contributed by atoms with Crippen LogP contribution < -0.4 is 0 Å². The molecule has 0 spiro atoms. The van der Waals surface area contributed by atoms with Crippen molar-refractivity contribution in [1.82, 2.24) is 4.90 Å². The highest BCUT2D eigenvalue weighted by Crippen LogP contribution is 2.20. The van der Waals surface area contributed by atoms with E-state index < -0.39 is 0 Å². The number of allylic oxidation sites excluding steroid dienone is 5. The van der Waals surface area contributed by atoms with Gasteiger partial charge in [-0.05, 0) is 65.3 Å². The highest BCUT2D eigenvalue weighted by molar-refractivity contribution is 6.05. The van der Waals surface area contributed by atoms with Gasteiger partial charge in [-0.25, -0.2) is 4.58 Å². The summed E-state index contributed by atoms with van der Waals surface area (Å²) in [6, 6.07) is 17.6. The van der Waals surface area contributed by atoms with Crippen LogP contribution in [0.5, 0.6) is 0 Å². The van der Waals surface area contributed by atoms with Crippen molar-refractivity contribution < 1.29 is 4.58 Å². The van der Waals surface area contributed by atoms with Gasteiger partial charge in [-0.2, -0.15) is 0 Å². The normalized spacial score (nSPS) is 11.6. The van der Waals surface area contributed by atoms with Crippen LogP contribution >= 0.6 is 12.4 Å². The minimum absolute atomic E-state index is 0. The van der Waals surface area contributed by atoms with Crippen molar-refractivity contribution in [3.8, 4) is 0 Å². The maximum absolute atomic E-state index is 2.40. The Balaban J connectivity index is 0.00000512. The van der Waals surface area contributed by atoms with E-state index in [9.17, 15) is 0 Å². The van der Waals surface area contributed by atoms with Crippen LogP contribution in [-0.2, 0) is 0 Å². The minimum atomic E-state index is 0. The van der Waals surface area contributed by atoms with Crippen molar-refractivity contribution in [2.24, 2.45) is 0 Å². The molecule has 0 aliphatic carbocycles. The lowest BCUT2D eigenvalue weighted by atomic mass is 10.1. The number of aryl methyl sites for hydroxylation is 2. The summed E-state index contributed by atoms with van der Waals surface area (Å²) >= 11 is 0. The third-order valence-corrected chi connectivity index (χ3v) is 5.63. The summed E-state index contributed by atoms with van der Waals surface area (Å²) in [5.74, 6) is 0. The van der Waals surface area contributed by atoms with Gasteiger partial charge in [-0.15, -0.1) is 12.4 Å². The maximum atomic E-state index is 2.40. The summed E-state index contributed by atoms with van der Waals surface area (Å²) in [5.41, 5.74) is 7.63. The number of nitrogens with zero attached hydrogens (tertiary/aromatic N) is 2. The summed E-state index contributed by atoms with van der Waals surface area (Å²) in [6.07, 6.45) is 10.9. The van der Waals surface area contributed by atoms with Gasteiger partial charge in [0.25, 0.3) is 0 Å². The van der Waals surface area contributed by atoms with Gasteiger partial charge in [0.2, 0.25) is 5.71 Å². The van der Waals surface area contributed by atoms with E-state index in [1.165, 1.54) is 33.7 Å². The van der Waals surface area contributed by atoms with E-state index >= 15 is 0 Å². The molecule has 2 aromatic rings. The molecule has 0 atom stereocenters. The van der Waals surface area contributed by atoms with Crippen molar-refractivity contribution in [3.63, 3.8) is 0 Å². The van der Waals surface area contributed by atoms with E-state index in [-0.39, 0.29) is 12.4 Å². The lowest BCUT2D eigenvalue weighted by Gasteiger charge is -2.24. The van der Waals surface area contributed by atoms with E-state index in [4.69, 9.17) is 0 Å². The Hall–Kier alpha value is -2.58. The number of rotatable bonds is 10. The van der Waals surface area contributed by atoms with Crippen LogP contribution in [-0.4, -0.2) is 41.4 Å². The molecule has 32 heavy (non-hydrogen) atoms. The Kier molecular flexibility index (Phi) is 12.4. The molecule has 0 aromatic heterocycles. The quantitative estimate of drug-likeness (QED) is 0.213. The number of hydrogen-bond donors (Lipinski definition) is 0. The molecule has 0 aliphatic rings. The van der Waals surface area contributed by atoms with E-state index in [0.29, 0.717) is 0 Å². The van der Waals surface area contributed by atoms with Crippen LogP contribution in [0.4, 0.5) is 0 Å². The SMILES string of the molecule is CCN(CC)\C(=C/C=C/C=C/C(c1ccc(C)cc1)=[N+](CC)CC)c1ccc(C)cc1.Cl. The third-order valence-electron chi connectivity index (χ3n) is 5.63. The molecular formula is C29H40ClN2+. The zero-order valence-corrected chi connectivity index (χ0v) is 21.5. The van der Waals surface area contributed by atoms with Crippen molar-refractivity contribution in [3.05, 3.63) is 101 Å². The van der Waals surface area contributed by atoms with Crippen LogP contribution in [0.3, 0.4) is 0 Å². The monoisotopic (exact) mass is 451 g/mol.